The van der Waals surface area contributed by atoms with Crippen LogP contribution in [-0.4, -0.2) is 28.6 Å². The van der Waals surface area contributed by atoms with Crippen LogP contribution in [0.4, 0.5) is 0 Å². The van der Waals surface area contributed by atoms with Gasteiger partial charge in [0.1, 0.15) is 5.69 Å². The fourth-order valence-electron chi connectivity index (χ4n) is 2.23. The summed E-state index contributed by atoms with van der Waals surface area (Å²) in [7, 11) is 0. The summed E-state index contributed by atoms with van der Waals surface area (Å²) in [6.45, 7) is 0.300. The minimum absolute atomic E-state index is 0.225. The first-order chi connectivity index (χ1) is 9.25. The van der Waals surface area contributed by atoms with Crippen molar-refractivity contribution in [1.82, 2.24) is 10.3 Å². The molecule has 1 atom stereocenters. The van der Waals surface area contributed by atoms with Crippen LogP contribution in [0, 0.1) is 5.92 Å². The van der Waals surface area contributed by atoms with Crippen LogP contribution in [0.15, 0.2) is 36.5 Å². The summed E-state index contributed by atoms with van der Waals surface area (Å²) >= 11 is 0. The van der Waals surface area contributed by atoms with E-state index in [9.17, 15) is 9.90 Å². The summed E-state index contributed by atoms with van der Waals surface area (Å²) in [6, 6.07) is 9.53. The number of benzene rings is 1. The summed E-state index contributed by atoms with van der Waals surface area (Å²) in [5.74, 6) is 0.136. The van der Waals surface area contributed by atoms with Gasteiger partial charge >= 0.3 is 0 Å². The standard InChI is InChI=1S/C15H16N2O2/c18-13(11-5-6-11)9-17-15(19)14-12-4-2-1-3-10(12)7-8-16-14/h1-4,7-8,11,13,18H,5-6,9H2,(H,17,19). The first kappa shape index (κ1) is 12.1. The molecule has 1 aromatic carbocycles. The molecule has 98 valence electrons. The van der Waals surface area contributed by atoms with Crippen LogP contribution < -0.4 is 5.32 Å². The van der Waals surface area contributed by atoms with Crippen molar-refractivity contribution in [3.63, 3.8) is 0 Å². The van der Waals surface area contributed by atoms with Gasteiger partial charge in [0.05, 0.1) is 6.10 Å². The van der Waals surface area contributed by atoms with Crippen LogP contribution in [0.3, 0.4) is 0 Å². The summed E-state index contributed by atoms with van der Waals surface area (Å²) in [6.07, 6.45) is 3.32. The minimum atomic E-state index is -0.432. The Morgan fingerprint density at radius 1 is 1.37 bits per heavy atom. The third kappa shape index (κ3) is 2.58. The molecular formula is C15H16N2O2. The van der Waals surface area contributed by atoms with Crippen molar-refractivity contribution in [2.45, 2.75) is 18.9 Å². The third-order valence-corrected chi connectivity index (χ3v) is 3.53. The van der Waals surface area contributed by atoms with E-state index in [2.05, 4.69) is 10.3 Å². The summed E-state index contributed by atoms with van der Waals surface area (Å²) in [4.78, 5) is 16.3. The lowest BCUT2D eigenvalue weighted by Crippen LogP contribution is -2.33. The number of nitrogens with zero attached hydrogens (tertiary/aromatic N) is 1. The van der Waals surface area contributed by atoms with Crippen molar-refractivity contribution in [2.75, 3.05) is 6.54 Å². The van der Waals surface area contributed by atoms with E-state index < -0.39 is 6.10 Å². The lowest BCUT2D eigenvalue weighted by Gasteiger charge is -2.11. The van der Waals surface area contributed by atoms with Gasteiger partial charge in [-0.1, -0.05) is 24.3 Å². The predicted molar refractivity (Wildman–Crippen MR) is 72.8 cm³/mol. The summed E-state index contributed by atoms with van der Waals surface area (Å²) in [5, 5.41) is 14.4. The summed E-state index contributed by atoms with van der Waals surface area (Å²) < 4.78 is 0. The summed E-state index contributed by atoms with van der Waals surface area (Å²) in [5.41, 5.74) is 0.418. The molecule has 4 heteroatoms. The highest BCUT2D eigenvalue weighted by molar-refractivity contribution is 6.05. The van der Waals surface area contributed by atoms with Crippen molar-refractivity contribution in [2.24, 2.45) is 5.92 Å². The highest BCUT2D eigenvalue weighted by Crippen LogP contribution is 2.32. The number of nitrogens with one attached hydrogen (secondary N) is 1. The zero-order valence-electron chi connectivity index (χ0n) is 10.5. The van der Waals surface area contributed by atoms with Gasteiger partial charge in [-0.25, -0.2) is 0 Å². The average Bonchev–Trinajstić information content (AvgIpc) is 3.28. The highest BCUT2D eigenvalue weighted by Gasteiger charge is 2.29. The van der Waals surface area contributed by atoms with E-state index in [0.29, 0.717) is 18.2 Å². The lowest BCUT2D eigenvalue weighted by atomic mass is 10.1. The smallest absolute Gasteiger partial charge is 0.270 e. The van der Waals surface area contributed by atoms with Crippen LogP contribution in [0.5, 0.6) is 0 Å². The van der Waals surface area contributed by atoms with E-state index in [4.69, 9.17) is 0 Å². The fraction of sp³-hybridized carbons (Fsp3) is 0.333. The van der Waals surface area contributed by atoms with Gasteiger partial charge in [0, 0.05) is 18.1 Å². The third-order valence-electron chi connectivity index (χ3n) is 3.53. The molecule has 0 radical (unpaired) electrons. The molecule has 1 saturated carbocycles. The van der Waals surface area contributed by atoms with Gasteiger partial charge in [-0.2, -0.15) is 0 Å². The van der Waals surface area contributed by atoms with E-state index in [-0.39, 0.29) is 5.91 Å². The minimum Gasteiger partial charge on any atom is -0.391 e. The molecule has 0 aliphatic heterocycles. The predicted octanol–water partition coefficient (Wildman–Crippen LogP) is 1.74. The van der Waals surface area contributed by atoms with Crippen LogP contribution in [-0.2, 0) is 0 Å². The normalized spacial score (nSPS) is 16.3. The second-order valence-corrected chi connectivity index (χ2v) is 5.00. The Kier molecular flexibility index (Phi) is 3.17. The molecule has 1 fully saturated rings. The van der Waals surface area contributed by atoms with Gasteiger partial charge in [-0.15, -0.1) is 0 Å². The SMILES string of the molecule is O=C(NCC(O)C1CC1)c1nccc2ccccc12. The second kappa shape index (κ2) is 4.97. The van der Waals surface area contributed by atoms with Crippen LogP contribution in [0.25, 0.3) is 10.8 Å². The number of rotatable bonds is 4. The number of hydrogen-bond acceptors (Lipinski definition) is 3. The van der Waals surface area contributed by atoms with Crippen molar-refractivity contribution >= 4 is 16.7 Å². The van der Waals surface area contributed by atoms with E-state index in [1.165, 1.54) is 0 Å². The van der Waals surface area contributed by atoms with Crippen LogP contribution in [0.2, 0.25) is 0 Å². The van der Waals surface area contributed by atoms with Gasteiger partial charge in [0.25, 0.3) is 5.91 Å². The van der Waals surface area contributed by atoms with Gasteiger partial charge in [-0.05, 0) is 30.2 Å². The molecule has 1 aliphatic carbocycles. The van der Waals surface area contributed by atoms with Crippen molar-refractivity contribution in [3.8, 4) is 0 Å². The first-order valence-corrected chi connectivity index (χ1v) is 6.56. The zero-order valence-corrected chi connectivity index (χ0v) is 10.5. The van der Waals surface area contributed by atoms with E-state index >= 15 is 0 Å². The maximum absolute atomic E-state index is 12.1. The Morgan fingerprint density at radius 2 is 2.16 bits per heavy atom. The molecule has 1 amide bonds. The fourth-order valence-corrected chi connectivity index (χ4v) is 2.23. The van der Waals surface area contributed by atoms with Gasteiger partial charge in [0.15, 0.2) is 0 Å². The van der Waals surface area contributed by atoms with Crippen LogP contribution in [0.1, 0.15) is 23.3 Å². The van der Waals surface area contributed by atoms with E-state index in [1.807, 2.05) is 30.3 Å². The van der Waals surface area contributed by atoms with Gasteiger partial charge in [0.2, 0.25) is 0 Å². The molecule has 0 saturated heterocycles. The Morgan fingerprint density at radius 3 is 2.95 bits per heavy atom. The second-order valence-electron chi connectivity index (χ2n) is 5.00. The molecule has 1 unspecified atom stereocenters. The monoisotopic (exact) mass is 256 g/mol. The van der Waals surface area contributed by atoms with Crippen LogP contribution >= 0.6 is 0 Å². The van der Waals surface area contributed by atoms with E-state index in [0.717, 1.165) is 23.6 Å². The Bertz CT molecular complexity index is 603. The highest BCUT2D eigenvalue weighted by atomic mass is 16.3. The molecular weight excluding hydrogens is 240 g/mol. The van der Waals surface area contributed by atoms with Gasteiger partial charge in [-0.3, -0.25) is 9.78 Å². The molecule has 1 aromatic heterocycles. The number of hydrogen-bond donors (Lipinski definition) is 2. The maximum atomic E-state index is 12.1. The van der Waals surface area contributed by atoms with Gasteiger partial charge < -0.3 is 10.4 Å². The molecule has 0 spiro atoms. The Hall–Kier alpha value is -1.94. The number of pyridine rings is 1. The molecule has 2 aromatic rings. The van der Waals surface area contributed by atoms with Crippen molar-refractivity contribution in [3.05, 3.63) is 42.2 Å². The molecule has 1 aliphatic rings. The molecule has 2 N–H and O–H groups in total. The number of aromatic nitrogens is 1. The molecule has 3 rings (SSSR count). The number of aliphatic hydroxyl groups is 1. The lowest BCUT2D eigenvalue weighted by molar-refractivity contribution is 0.0898. The number of carbonyl (C=O) groups is 1. The van der Waals surface area contributed by atoms with Crippen molar-refractivity contribution in [1.29, 1.82) is 0 Å². The maximum Gasteiger partial charge on any atom is 0.270 e. The molecule has 1 heterocycles. The molecule has 0 bridgehead atoms. The van der Waals surface area contributed by atoms with E-state index in [1.54, 1.807) is 6.20 Å². The zero-order chi connectivity index (χ0) is 13.2. The average molecular weight is 256 g/mol. The molecule has 19 heavy (non-hydrogen) atoms. The topological polar surface area (TPSA) is 62.2 Å². The van der Waals surface area contributed by atoms with Crippen molar-refractivity contribution < 1.29 is 9.90 Å². The Labute approximate surface area is 111 Å². The Balaban J connectivity index is 1.77. The molecule has 4 nitrogen and oxygen atoms in total. The number of carbonyl (C=O) groups excluding carboxylic acids is 1. The number of fused-ring (bicyclic) bond motifs is 1. The first-order valence-electron chi connectivity index (χ1n) is 6.56. The number of amides is 1. The largest absolute Gasteiger partial charge is 0.391 e. The number of aliphatic hydroxyl groups excluding tert-OH is 1. The quantitative estimate of drug-likeness (QED) is 0.875.